The van der Waals surface area contributed by atoms with E-state index in [2.05, 4.69) is 15.9 Å². The lowest BCUT2D eigenvalue weighted by Crippen LogP contribution is -2.17. The Morgan fingerprint density at radius 3 is 2.94 bits per heavy atom. The van der Waals surface area contributed by atoms with Crippen molar-refractivity contribution < 1.29 is 14.6 Å². The highest BCUT2D eigenvalue weighted by molar-refractivity contribution is 9.10. The van der Waals surface area contributed by atoms with Crippen molar-refractivity contribution in [2.75, 3.05) is 0 Å². The van der Waals surface area contributed by atoms with Crippen LogP contribution in [0.3, 0.4) is 0 Å². The first-order chi connectivity index (χ1) is 7.52. The molecule has 1 N–H and O–H groups in total. The molecule has 0 aromatic heterocycles. The molecule has 1 aromatic rings. The van der Waals surface area contributed by atoms with Gasteiger partial charge in [0.15, 0.2) is 0 Å². The highest BCUT2D eigenvalue weighted by Gasteiger charge is 2.11. The van der Waals surface area contributed by atoms with Crippen molar-refractivity contribution in [2.24, 2.45) is 0 Å². The van der Waals surface area contributed by atoms with Crippen molar-refractivity contribution in [1.29, 1.82) is 5.26 Å². The van der Waals surface area contributed by atoms with E-state index < -0.39 is 12.1 Å². The van der Waals surface area contributed by atoms with E-state index in [1.54, 1.807) is 25.1 Å². The zero-order valence-electron chi connectivity index (χ0n) is 8.61. The van der Waals surface area contributed by atoms with Crippen LogP contribution in [0.5, 0.6) is 5.75 Å². The molecule has 1 rings (SSSR count). The van der Waals surface area contributed by atoms with Crippen molar-refractivity contribution in [3.63, 3.8) is 0 Å². The van der Waals surface area contributed by atoms with E-state index in [-0.39, 0.29) is 6.42 Å². The van der Waals surface area contributed by atoms with Crippen molar-refractivity contribution in [2.45, 2.75) is 19.4 Å². The number of carboxylic acids is 1. The number of benzene rings is 1. The number of halogens is 1. The SMILES string of the molecule is C[C@H](CC(=O)O)Oc1ccc(Br)cc1C#N. The number of ether oxygens (including phenoxy) is 1. The quantitative estimate of drug-likeness (QED) is 0.922. The number of carbonyl (C=O) groups is 1. The molecule has 0 bridgehead atoms. The predicted octanol–water partition coefficient (Wildman–Crippen LogP) is 2.56. The Balaban J connectivity index is 2.81. The highest BCUT2D eigenvalue weighted by atomic mass is 79.9. The van der Waals surface area contributed by atoms with Crippen LogP contribution in [0.2, 0.25) is 0 Å². The van der Waals surface area contributed by atoms with Crippen molar-refractivity contribution >= 4 is 21.9 Å². The largest absolute Gasteiger partial charge is 0.489 e. The first kappa shape index (κ1) is 12.5. The third kappa shape index (κ3) is 3.55. The van der Waals surface area contributed by atoms with Gasteiger partial charge >= 0.3 is 5.97 Å². The fourth-order valence-corrected chi connectivity index (χ4v) is 1.56. The number of hydrogen-bond donors (Lipinski definition) is 1. The Hall–Kier alpha value is -1.54. The van der Waals surface area contributed by atoms with E-state index >= 15 is 0 Å². The molecular weight excluding hydrogens is 274 g/mol. The first-order valence-corrected chi connectivity index (χ1v) is 5.40. The van der Waals surface area contributed by atoms with Crippen LogP contribution < -0.4 is 4.74 Å². The van der Waals surface area contributed by atoms with E-state index in [0.29, 0.717) is 11.3 Å². The second kappa shape index (κ2) is 5.52. The van der Waals surface area contributed by atoms with E-state index in [0.717, 1.165) is 4.47 Å². The third-order valence-corrected chi connectivity index (χ3v) is 2.35. The minimum Gasteiger partial charge on any atom is -0.489 e. The second-order valence-electron chi connectivity index (χ2n) is 3.28. The maximum Gasteiger partial charge on any atom is 0.307 e. The van der Waals surface area contributed by atoms with Gasteiger partial charge in [-0.1, -0.05) is 15.9 Å². The fraction of sp³-hybridized carbons (Fsp3) is 0.273. The molecule has 1 atom stereocenters. The summed E-state index contributed by atoms with van der Waals surface area (Å²) in [5, 5.41) is 17.5. The van der Waals surface area contributed by atoms with Crippen LogP contribution in [0.1, 0.15) is 18.9 Å². The molecule has 16 heavy (non-hydrogen) atoms. The molecule has 84 valence electrons. The van der Waals surface area contributed by atoms with Crippen LogP contribution in [-0.4, -0.2) is 17.2 Å². The van der Waals surface area contributed by atoms with Crippen LogP contribution in [0.25, 0.3) is 0 Å². The maximum absolute atomic E-state index is 10.5. The summed E-state index contributed by atoms with van der Waals surface area (Å²) >= 11 is 3.24. The lowest BCUT2D eigenvalue weighted by atomic mass is 10.2. The van der Waals surface area contributed by atoms with Gasteiger partial charge < -0.3 is 9.84 Å². The van der Waals surface area contributed by atoms with Crippen molar-refractivity contribution in [1.82, 2.24) is 0 Å². The molecule has 5 heteroatoms. The van der Waals surface area contributed by atoms with Crippen molar-refractivity contribution in [3.05, 3.63) is 28.2 Å². The molecule has 0 aliphatic rings. The van der Waals surface area contributed by atoms with E-state index in [1.807, 2.05) is 6.07 Å². The van der Waals surface area contributed by atoms with Crippen molar-refractivity contribution in [3.8, 4) is 11.8 Å². The van der Waals surface area contributed by atoms with Gasteiger partial charge in [-0.25, -0.2) is 0 Å². The van der Waals surface area contributed by atoms with Gasteiger partial charge in [0.25, 0.3) is 0 Å². The Morgan fingerprint density at radius 1 is 1.69 bits per heavy atom. The van der Waals surface area contributed by atoms with Crippen LogP contribution >= 0.6 is 15.9 Å². The number of hydrogen-bond acceptors (Lipinski definition) is 3. The summed E-state index contributed by atoms with van der Waals surface area (Å²) in [6.45, 7) is 1.65. The molecule has 0 saturated carbocycles. The summed E-state index contributed by atoms with van der Waals surface area (Å²) in [6, 6.07) is 7.00. The van der Waals surface area contributed by atoms with E-state index in [9.17, 15) is 4.79 Å². The second-order valence-corrected chi connectivity index (χ2v) is 4.19. The van der Waals surface area contributed by atoms with Gasteiger partial charge in [0.2, 0.25) is 0 Å². The number of aliphatic carboxylic acids is 1. The molecule has 0 radical (unpaired) electrons. The van der Waals surface area contributed by atoms with Gasteiger partial charge in [0.05, 0.1) is 12.0 Å². The smallest absolute Gasteiger partial charge is 0.307 e. The van der Waals surface area contributed by atoms with Crippen LogP contribution in [0, 0.1) is 11.3 Å². The Morgan fingerprint density at radius 2 is 2.38 bits per heavy atom. The van der Waals surface area contributed by atoms with E-state index in [1.165, 1.54) is 0 Å². The average Bonchev–Trinajstić information content (AvgIpc) is 2.19. The standard InChI is InChI=1S/C11H10BrNO3/c1-7(4-11(14)15)16-10-3-2-9(12)5-8(10)6-13/h2-3,5,7H,4H2,1H3,(H,14,15)/t7-/m1/s1. The summed E-state index contributed by atoms with van der Waals surface area (Å²) in [5.41, 5.74) is 0.381. The third-order valence-electron chi connectivity index (χ3n) is 1.85. The van der Waals surface area contributed by atoms with Crippen LogP contribution in [-0.2, 0) is 4.79 Å². The normalized spacial score (nSPS) is 11.6. The zero-order chi connectivity index (χ0) is 12.1. The number of nitriles is 1. The fourth-order valence-electron chi connectivity index (χ4n) is 1.20. The maximum atomic E-state index is 10.5. The minimum atomic E-state index is -0.928. The highest BCUT2D eigenvalue weighted by Crippen LogP contribution is 2.23. The van der Waals surface area contributed by atoms with Gasteiger partial charge in [-0.2, -0.15) is 5.26 Å². The van der Waals surface area contributed by atoms with Gasteiger partial charge in [-0.3, -0.25) is 4.79 Å². The molecule has 0 heterocycles. The number of rotatable bonds is 4. The lowest BCUT2D eigenvalue weighted by molar-refractivity contribution is -0.138. The summed E-state index contributed by atoms with van der Waals surface area (Å²) < 4.78 is 6.16. The molecule has 0 aliphatic heterocycles. The molecule has 0 amide bonds. The van der Waals surface area contributed by atoms with Gasteiger partial charge in [-0.05, 0) is 25.1 Å². The molecule has 0 spiro atoms. The zero-order valence-corrected chi connectivity index (χ0v) is 10.2. The molecule has 0 unspecified atom stereocenters. The van der Waals surface area contributed by atoms with E-state index in [4.69, 9.17) is 15.1 Å². The van der Waals surface area contributed by atoms with Gasteiger partial charge in [0, 0.05) is 4.47 Å². The summed E-state index contributed by atoms with van der Waals surface area (Å²) in [7, 11) is 0. The topological polar surface area (TPSA) is 70.3 Å². The first-order valence-electron chi connectivity index (χ1n) is 4.61. The average molecular weight is 284 g/mol. The van der Waals surface area contributed by atoms with Gasteiger partial charge in [-0.15, -0.1) is 0 Å². The Bertz CT molecular complexity index is 439. The molecule has 0 saturated heterocycles. The van der Waals surface area contributed by atoms with Crippen LogP contribution in [0.4, 0.5) is 0 Å². The Kier molecular flexibility index (Phi) is 4.32. The number of nitrogens with zero attached hydrogens (tertiary/aromatic N) is 1. The lowest BCUT2D eigenvalue weighted by Gasteiger charge is -2.13. The Labute approximate surface area is 102 Å². The summed E-state index contributed by atoms with van der Waals surface area (Å²) in [6.07, 6.45) is -0.563. The molecule has 1 aromatic carbocycles. The molecular formula is C11H10BrNO3. The monoisotopic (exact) mass is 283 g/mol. The number of carboxylic acid groups (broad SMARTS) is 1. The minimum absolute atomic E-state index is 0.0963. The molecule has 0 aliphatic carbocycles. The molecule has 0 fully saturated rings. The van der Waals surface area contributed by atoms with Crippen LogP contribution in [0.15, 0.2) is 22.7 Å². The summed E-state index contributed by atoms with van der Waals surface area (Å²) in [5.74, 6) is -0.525. The summed E-state index contributed by atoms with van der Waals surface area (Å²) in [4.78, 5) is 10.5. The van der Waals surface area contributed by atoms with Gasteiger partial charge in [0.1, 0.15) is 17.9 Å². The predicted molar refractivity (Wildman–Crippen MR) is 61.2 cm³/mol. The molecule has 4 nitrogen and oxygen atoms in total.